The summed E-state index contributed by atoms with van der Waals surface area (Å²) in [7, 11) is 0. The van der Waals surface area contributed by atoms with E-state index in [0.29, 0.717) is 37.5 Å². The molecule has 0 spiro atoms. The zero-order valence-corrected chi connectivity index (χ0v) is 17.0. The molecular weight excluding hydrogens is 366 g/mol. The van der Waals surface area contributed by atoms with Crippen LogP contribution in [0.5, 0.6) is 5.75 Å². The number of nitrogens with zero attached hydrogens (tertiary/aromatic N) is 2. The van der Waals surface area contributed by atoms with E-state index in [1.165, 1.54) is 0 Å². The molecule has 6 nitrogen and oxygen atoms in total. The molecule has 1 aliphatic heterocycles. The minimum atomic E-state index is 0.0363. The van der Waals surface area contributed by atoms with Gasteiger partial charge in [0.1, 0.15) is 5.75 Å². The lowest BCUT2D eigenvalue weighted by Gasteiger charge is -2.32. The van der Waals surface area contributed by atoms with Gasteiger partial charge in [-0.2, -0.15) is 0 Å². The number of amides is 2. The van der Waals surface area contributed by atoms with E-state index < -0.39 is 0 Å². The van der Waals surface area contributed by atoms with Crippen molar-refractivity contribution < 1.29 is 14.3 Å². The summed E-state index contributed by atoms with van der Waals surface area (Å²) in [4.78, 5) is 30.4. The maximum absolute atomic E-state index is 12.4. The second kappa shape index (κ2) is 10.6. The van der Waals surface area contributed by atoms with Crippen LogP contribution in [0.2, 0.25) is 0 Å². The first-order chi connectivity index (χ1) is 14.1. The molecule has 0 atom stereocenters. The summed E-state index contributed by atoms with van der Waals surface area (Å²) < 4.78 is 5.73. The molecule has 1 saturated heterocycles. The van der Waals surface area contributed by atoms with E-state index in [1.54, 1.807) is 24.5 Å². The number of carbonyl (C=O) groups excluding carboxylic acids is 2. The van der Waals surface area contributed by atoms with Gasteiger partial charge in [-0.1, -0.05) is 18.2 Å². The van der Waals surface area contributed by atoms with Crippen molar-refractivity contribution in [1.82, 2.24) is 15.2 Å². The van der Waals surface area contributed by atoms with Crippen LogP contribution in [0.25, 0.3) is 0 Å². The van der Waals surface area contributed by atoms with Crippen molar-refractivity contribution in [3.63, 3.8) is 0 Å². The van der Waals surface area contributed by atoms with Crippen molar-refractivity contribution in [1.29, 1.82) is 0 Å². The summed E-state index contributed by atoms with van der Waals surface area (Å²) in [5.74, 6) is 1.39. The third-order valence-corrected chi connectivity index (χ3v) is 5.30. The quantitative estimate of drug-likeness (QED) is 0.697. The molecule has 1 aromatic heterocycles. The molecule has 0 radical (unpaired) electrons. The standard InChI is InChI=1S/C23H29N3O3/c1-18-6-2-3-8-21(18)29-15-5-9-22(27)25-16-19-10-13-26(14-11-19)23(28)20-7-4-12-24-17-20/h2-4,6-8,12,17,19H,5,9-11,13-16H2,1H3,(H,25,27). The molecule has 154 valence electrons. The Labute approximate surface area is 172 Å². The average Bonchev–Trinajstić information content (AvgIpc) is 2.77. The number of hydrogen-bond acceptors (Lipinski definition) is 4. The van der Waals surface area contributed by atoms with E-state index >= 15 is 0 Å². The van der Waals surface area contributed by atoms with Gasteiger partial charge in [0, 0.05) is 38.4 Å². The summed E-state index contributed by atoms with van der Waals surface area (Å²) in [5.41, 5.74) is 1.73. The van der Waals surface area contributed by atoms with Gasteiger partial charge in [0.05, 0.1) is 12.2 Å². The lowest BCUT2D eigenvalue weighted by Crippen LogP contribution is -2.41. The van der Waals surface area contributed by atoms with E-state index in [4.69, 9.17) is 4.74 Å². The number of carbonyl (C=O) groups is 2. The molecule has 29 heavy (non-hydrogen) atoms. The summed E-state index contributed by atoms with van der Waals surface area (Å²) in [6.07, 6.45) is 6.24. The number of nitrogens with one attached hydrogen (secondary N) is 1. The maximum atomic E-state index is 12.4. The smallest absolute Gasteiger partial charge is 0.255 e. The Morgan fingerprint density at radius 1 is 1.17 bits per heavy atom. The lowest BCUT2D eigenvalue weighted by atomic mass is 9.96. The number of likely N-dealkylation sites (tertiary alicyclic amines) is 1. The highest BCUT2D eigenvalue weighted by atomic mass is 16.5. The molecule has 6 heteroatoms. The van der Waals surface area contributed by atoms with Crippen molar-refractivity contribution in [3.8, 4) is 5.75 Å². The van der Waals surface area contributed by atoms with Crippen molar-refractivity contribution >= 4 is 11.8 Å². The second-order valence-corrected chi connectivity index (χ2v) is 7.50. The SMILES string of the molecule is Cc1ccccc1OCCCC(=O)NCC1CCN(C(=O)c2cccnc2)CC1. The van der Waals surface area contributed by atoms with Crippen LogP contribution in [0.15, 0.2) is 48.8 Å². The van der Waals surface area contributed by atoms with Gasteiger partial charge in [-0.25, -0.2) is 0 Å². The minimum Gasteiger partial charge on any atom is -0.493 e. The molecule has 1 fully saturated rings. The summed E-state index contributed by atoms with van der Waals surface area (Å²) >= 11 is 0. The maximum Gasteiger partial charge on any atom is 0.255 e. The highest BCUT2D eigenvalue weighted by molar-refractivity contribution is 5.93. The van der Waals surface area contributed by atoms with Crippen LogP contribution in [0, 0.1) is 12.8 Å². The van der Waals surface area contributed by atoms with Crippen molar-refractivity contribution in [2.75, 3.05) is 26.2 Å². The van der Waals surface area contributed by atoms with Crippen LogP contribution in [0.3, 0.4) is 0 Å². The molecule has 2 heterocycles. The molecular formula is C23H29N3O3. The predicted octanol–water partition coefficient (Wildman–Crippen LogP) is 3.22. The number of piperidine rings is 1. The Kier molecular flexibility index (Phi) is 7.61. The van der Waals surface area contributed by atoms with Crippen LogP contribution < -0.4 is 10.1 Å². The topological polar surface area (TPSA) is 71.5 Å². The number of rotatable bonds is 8. The summed E-state index contributed by atoms with van der Waals surface area (Å²) in [5, 5.41) is 3.03. The summed E-state index contributed by atoms with van der Waals surface area (Å²) in [6.45, 7) is 4.66. The number of aryl methyl sites for hydroxylation is 1. The van der Waals surface area contributed by atoms with Gasteiger partial charge in [-0.3, -0.25) is 14.6 Å². The van der Waals surface area contributed by atoms with E-state index in [1.807, 2.05) is 36.1 Å². The number of pyridine rings is 1. The highest BCUT2D eigenvalue weighted by Crippen LogP contribution is 2.19. The Bertz CT molecular complexity index is 802. The molecule has 0 unspecified atom stereocenters. The highest BCUT2D eigenvalue weighted by Gasteiger charge is 2.23. The molecule has 2 amide bonds. The molecule has 1 N–H and O–H groups in total. The van der Waals surface area contributed by atoms with Gasteiger partial charge < -0.3 is 15.0 Å². The van der Waals surface area contributed by atoms with E-state index in [-0.39, 0.29) is 11.8 Å². The minimum absolute atomic E-state index is 0.0363. The van der Waals surface area contributed by atoms with Gasteiger partial charge in [0.15, 0.2) is 0 Å². The van der Waals surface area contributed by atoms with Crippen molar-refractivity contribution in [2.45, 2.75) is 32.6 Å². The Hall–Kier alpha value is -2.89. The predicted molar refractivity (Wildman–Crippen MR) is 112 cm³/mol. The van der Waals surface area contributed by atoms with Gasteiger partial charge in [0.2, 0.25) is 5.91 Å². The first-order valence-electron chi connectivity index (χ1n) is 10.3. The Balaban J connectivity index is 1.29. The van der Waals surface area contributed by atoms with E-state index in [0.717, 1.165) is 37.2 Å². The number of ether oxygens (including phenoxy) is 1. The normalized spacial score (nSPS) is 14.4. The number of hydrogen-bond donors (Lipinski definition) is 1. The largest absolute Gasteiger partial charge is 0.493 e. The van der Waals surface area contributed by atoms with Crippen LogP contribution >= 0.6 is 0 Å². The van der Waals surface area contributed by atoms with E-state index in [2.05, 4.69) is 10.3 Å². The third-order valence-electron chi connectivity index (χ3n) is 5.30. The first-order valence-corrected chi connectivity index (χ1v) is 10.3. The van der Waals surface area contributed by atoms with Gasteiger partial charge >= 0.3 is 0 Å². The third kappa shape index (κ3) is 6.31. The van der Waals surface area contributed by atoms with Crippen LogP contribution in [-0.4, -0.2) is 47.9 Å². The number of benzene rings is 1. The fourth-order valence-corrected chi connectivity index (χ4v) is 3.49. The molecule has 1 aromatic carbocycles. The van der Waals surface area contributed by atoms with Crippen LogP contribution in [0.1, 0.15) is 41.6 Å². The molecule has 0 saturated carbocycles. The fraction of sp³-hybridized carbons (Fsp3) is 0.435. The Morgan fingerprint density at radius 2 is 1.97 bits per heavy atom. The molecule has 3 rings (SSSR count). The zero-order valence-electron chi connectivity index (χ0n) is 17.0. The monoisotopic (exact) mass is 395 g/mol. The molecule has 0 bridgehead atoms. The second-order valence-electron chi connectivity index (χ2n) is 7.50. The van der Waals surface area contributed by atoms with Crippen molar-refractivity contribution in [3.05, 3.63) is 59.9 Å². The van der Waals surface area contributed by atoms with Crippen LogP contribution in [-0.2, 0) is 4.79 Å². The summed E-state index contributed by atoms with van der Waals surface area (Å²) in [6, 6.07) is 11.5. The Morgan fingerprint density at radius 3 is 2.69 bits per heavy atom. The number of para-hydroxylation sites is 1. The first kappa shape index (κ1) is 20.8. The lowest BCUT2D eigenvalue weighted by molar-refractivity contribution is -0.121. The molecule has 1 aliphatic rings. The van der Waals surface area contributed by atoms with Gasteiger partial charge in [-0.15, -0.1) is 0 Å². The van der Waals surface area contributed by atoms with E-state index in [9.17, 15) is 9.59 Å². The molecule has 2 aromatic rings. The van der Waals surface area contributed by atoms with Crippen LogP contribution in [0.4, 0.5) is 0 Å². The van der Waals surface area contributed by atoms with Gasteiger partial charge in [0.25, 0.3) is 5.91 Å². The fourth-order valence-electron chi connectivity index (χ4n) is 3.49. The average molecular weight is 396 g/mol. The van der Waals surface area contributed by atoms with Gasteiger partial charge in [-0.05, 0) is 55.9 Å². The zero-order chi connectivity index (χ0) is 20.5. The number of aromatic nitrogens is 1. The molecule has 0 aliphatic carbocycles. The van der Waals surface area contributed by atoms with Crippen molar-refractivity contribution in [2.24, 2.45) is 5.92 Å².